The van der Waals surface area contributed by atoms with E-state index in [1.165, 1.54) is 10.6 Å². The lowest BCUT2D eigenvalue weighted by Crippen LogP contribution is -2.40. The molecule has 0 unspecified atom stereocenters. The average Bonchev–Trinajstić information content (AvgIpc) is 2.47. The number of esters is 1. The molecule has 0 atom stereocenters. The molecule has 0 aliphatic heterocycles. The molecule has 0 N–H and O–H groups in total. The Hall–Kier alpha value is -2.11. The SMILES string of the molecule is C=C(C)C(=O)OCCCCCCn1ccc(=O)n(C(C)C)c1=O. The number of carbonyl (C=O) groups is 1. The van der Waals surface area contributed by atoms with Gasteiger partial charge in [0.1, 0.15) is 0 Å². The second-order valence-electron chi connectivity index (χ2n) is 5.92. The van der Waals surface area contributed by atoms with E-state index in [0.717, 1.165) is 25.7 Å². The summed E-state index contributed by atoms with van der Waals surface area (Å²) in [5.74, 6) is -0.354. The maximum absolute atomic E-state index is 12.2. The molecule has 1 aromatic rings. The number of rotatable bonds is 9. The lowest BCUT2D eigenvalue weighted by molar-refractivity contribution is -0.139. The summed E-state index contributed by atoms with van der Waals surface area (Å²) in [6.07, 6.45) is 5.03. The summed E-state index contributed by atoms with van der Waals surface area (Å²) >= 11 is 0. The van der Waals surface area contributed by atoms with Crippen molar-refractivity contribution < 1.29 is 9.53 Å². The monoisotopic (exact) mass is 322 g/mol. The maximum Gasteiger partial charge on any atom is 0.333 e. The Morgan fingerprint density at radius 3 is 2.48 bits per heavy atom. The highest BCUT2D eigenvalue weighted by Crippen LogP contribution is 2.03. The van der Waals surface area contributed by atoms with Crippen molar-refractivity contribution in [3.8, 4) is 0 Å². The van der Waals surface area contributed by atoms with E-state index in [0.29, 0.717) is 18.7 Å². The molecule has 0 aromatic carbocycles. The number of carbonyl (C=O) groups excluding carboxylic acids is 1. The Morgan fingerprint density at radius 2 is 1.87 bits per heavy atom. The molecule has 0 aliphatic carbocycles. The summed E-state index contributed by atoms with van der Waals surface area (Å²) in [5, 5.41) is 0. The van der Waals surface area contributed by atoms with Gasteiger partial charge >= 0.3 is 11.7 Å². The summed E-state index contributed by atoms with van der Waals surface area (Å²) in [6, 6.07) is 1.28. The molecule has 1 rings (SSSR count). The van der Waals surface area contributed by atoms with Gasteiger partial charge in [-0.05, 0) is 40.0 Å². The van der Waals surface area contributed by atoms with E-state index in [1.807, 2.05) is 13.8 Å². The highest BCUT2D eigenvalue weighted by molar-refractivity contribution is 5.86. The lowest BCUT2D eigenvalue weighted by Gasteiger charge is -2.12. The standard InChI is InChI=1S/C17H26N2O4/c1-13(2)16(21)23-12-8-6-5-7-10-18-11-9-15(20)19(14(3)4)17(18)22/h9,11,14H,1,5-8,10,12H2,2-4H3. The number of aromatic nitrogens is 2. The fourth-order valence-corrected chi connectivity index (χ4v) is 2.20. The van der Waals surface area contributed by atoms with Crippen LogP contribution in [0.3, 0.4) is 0 Å². The first kappa shape index (κ1) is 18.9. The summed E-state index contributed by atoms with van der Waals surface area (Å²) in [7, 11) is 0. The molecule has 0 saturated heterocycles. The molecule has 1 aromatic heterocycles. The van der Waals surface area contributed by atoms with E-state index in [2.05, 4.69) is 6.58 Å². The zero-order valence-electron chi connectivity index (χ0n) is 14.2. The first-order valence-corrected chi connectivity index (χ1v) is 7.99. The molecule has 0 amide bonds. The second-order valence-corrected chi connectivity index (χ2v) is 5.92. The Labute approximate surface area is 136 Å². The fourth-order valence-electron chi connectivity index (χ4n) is 2.20. The average molecular weight is 322 g/mol. The zero-order chi connectivity index (χ0) is 17.4. The third-order valence-electron chi connectivity index (χ3n) is 3.48. The Balaban J connectivity index is 2.36. The molecule has 0 fully saturated rings. The van der Waals surface area contributed by atoms with Crippen molar-refractivity contribution in [3.05, 3.63) is 45.3 Å². The van der Waals surface area contributed by atoms with Crippen LogP contribution >= 0.6 is 0 Å². The van der Waals surface area contributed by atoms with Crippen LogP contribution in [0, 0.1) is 0 Å². The molecule has 0 aliphatic rings. The van der Waals surface area contributed by atoms with Crippen LogP contribution in [0.1, 0.15) is 52.5 Å². The van der Waals surface area contributed by atoms with Crippen molar-refractivity contribution in [2.45, 2.75) is 59.0 Å². The fraction of sp³-hybridized carbons (Fsp3) is 0.588. The van der Waals surface area contributed by atoms with Crippen molar-refractivity contribution in [1.29, 1.82) is 0 Å². The summed E-state index contributed by atoms with van der Waals surface area (Å²) in [5.41, 5.74) is -0.117. The van der Waals surface area contributed by atoms with Gasteiger partial charge in [0.05, 0.1) is 6.61 Å². The van der Waals surface area contributed by atoms with Gasteiger partial charge in [-0.3, -0.25) is 9.36 Å². The number of hydrogen-bond acceptors (Lipinski definition) is 4. The predicted molar refractivity (Wildman–Crippen MR) is 89.6 cm³/mol. The van der Waals surface area contributed by atoms with Crippen molar-refractivity contribution in [1.82, 2.24) is 9.13 Å². The molecule has 128 valence electrons. The minimum Gasteiger partial charge on any atom is -0.462 e. The van der Waals surface area contributed by atoms with Crippen LogP contribution in [0.4, 0.5) is 0 Å². The molecule has 0 spiro atoms. The highest BCUT2D eigenvalue weighted by atomic mass is 16.5. The van der Waals surface area contributed by atoms with Crippen molar-refractivity contribution in [2.75, 3.05) is 6.61 Å². The molecule has 6 heteroatoms. The van der Waals surface area contributed by atoms with Crippen LogP contribution in [-0.2, 0) is 16.1 Å². The van der Waals surface area contributed by atoms with Crippen molar-refractivity contribution >= 4 is 5.97 Å². The van der Waals surface area contributed by atoms with Gasteiger partial charge in [-0.25, -0.2) is 9.59 Å². The minimum atomic E-state index is -0.354. The van der Waals surface area contributed by atoms with Gasteiger partial charge < -0.3 is 9.30 Å². The molecule has 0 bridgehead atoms. The number of ether oxygens (including phenoxy) is 1. The lowest BCUT2D eigenvalue weighted by atomic mass is 10.2. The van der Waals surface area contributed by atoms with Gasteiger partial charge in [-0.1, -0.05) is 13.0 Å². The highest BCUT2D eigenvalue weighted by Gasteiger charge is 2.08. The van der Waals surface area contributed by atoms with Gasteiger partial charge in [0.25, 0.3) is 5.56 Å². The number of aryl methyl sites for hydroxylation is 1. The van der Waals surface area contributed by atoms with E-state index in [-0.39, 0.29) is 23.3 Å². The summed E-state index contributed by atoms with van der Waals surface area (Å²) in [4.78, 5) is 35.1. The molecule has 23 heavy (non-hydrogen) atoms. The van der Waals surface area contributed by atoms with E-state index in [1.54, 1.807) is 17.7 Å². The molecule has 1 heterocycles. The second kappa shape index (κ2) is 9.12. The summed E-state index contributed by atoms with van der Waals surface area (Å²) < 4.78 is 7.84. The third kappa shape index (κ3) is 5.88. The van der Waals surface area contributed by atoms with Crippen LogP contribution in [0.15, 0.2) is 34.0 Å². The topological polar surface area (TPSA) is 70.3 Å². The predicted octanol–water partition coefficient (Wildman–Crippen LogP) is 2.27. The quantitative estimate of drug-likeness (QED) is 0.397. The first-order valence-electron chi connectivity index (χ1n) is 7.99. The van der Waals surface area contributed by atoms with Crippen LogP contribution < -0.4 is 11.2 Å². The van der Waals surface area contributed by atoms with Crippen LogP contribution in [0.25, 0.3) is 0 Å². The first-order chi connectivity index (χ1) is 10.8. The van der Waals surface area contributed by atoms with Gasteiger partial charge in [0, 0.05) is 30.4 Å². The molecular weight excluding hydrogens is 296 g/mol. The Morgan fingerprint density at radius 1 is 1.22 bits per heavy atom. The smallest absolute Gasteiger partial charge is 0.333 e. The Bertz CT molecular complexity index is 655. The molecular formula is C17H26N2O4. The number of nitrogens with zero attached hydrogens (tertiary/aromatic N) is 2. The molecule has 0 saturated carbocycles. The van der Waals surface area contributed by atoms with E-state index >= 15 is 0 Å². The van der Waals surface area contributed by atoms with E-state index < -0.39 is 0 Å². The van der Waals surface area contributed by atoms with E-state index in [9.17, 15) is 14.4 Å². The third-order valence-corrected chi connectivity index (χ3v) is 3.48. The molecule has 0 radical (unpaired) electrons. The molecule has 6 nitrogen and oxygen atoms in total. The number of hydrogen-bond donors (Lipinski definition) is 0. The van der Waals surface area contributed by atoms with Gasteiger partial charge in [0.2, 0.25) is 0 Å². The normalized spacial score (nSPS) is 10.8. The largest absolute Gasteiger partial charge is 0.462 e. The minimum absolute atomic E-state index is 0.148. The summed E-state index contributed by atoms with van der Waals surface area (Å²) in [6.45, 7) is 9.75. The van der Waals surface area contributed by atoms with Crippen molar-refractivity contribution in [3.63, 3.8) is 0 Å². The van der Waals surface area contributed by atoms with Gasteiger partial charge in [-0.15, -0.1) is 0 Å². The van der Waals surface area contributed by atoms with Crippen molar-refractivity contribution in [2.24, 2.45) is 0 Å². The van der Waals surface area contributed by atoms with E-state index in [4.69, 9.17) is 4.74 Å². The maximum atomic E-state index is 12.2. The van der Waals surface area contributed by atoms with Crippen LogP contribution in [0.5, 0.6) is 0 Å². The van der Waals surface area contributed by atoms with Crippen LogP contribution in [0.2, 0.25) is 0 Å². The van der Waals surface area contributed by atoms with Gasteiger partial charge in [0.15, 0.2) is 0 Å². The zero-order valence-corrected chi connectivity index (χ0v) is 14.2. The Kier molecular flexibility index (Phi) is 7.51. The van der Waals surface area contributed by atoms with Crippen LogP contribution in [-0.4, -0.2) is 21.7 Å². The number of unbranched alkanes of at least 4 members (excludes halogenated alkanes) is 3. The van der Waals surface area contributed by atoms with Gasteiger partial charge in [-0.2, -0.15) is 0 Å².